The lowest BCUT2D eigenvalue weighted by molar-refractivity contribution is 1.30. The van der Waals surface area contributed by atoms with E-state index in [1.165, 1.54) is 0 Å². The van der Waals surface area contributed by atoms with Crippen molar-refractivity contribution in [1.29, 1.82) is 0 Å². The highest BCUT2D eigenvalue weighted by atomic mass is 32.2. The second-order valence-corrected chi connectivity index (χ2v) is 2.14. The summed E-state index contributed by atoms with van der Waals surface area (Å²) in [6, 6.07) is 0. The van der Waals surface area contributed by atoms with Crippen LogP contribution in [0, 0.1) is 0 Å². The molecule has 0 N–H and O–H groups in total. The molecule has 0 radical (unpaired) electrons. The Hall–Kier alpha value is -0.240. The smallest absolute Gasteiger partial charge is 0.0725 e. The number of rotatable bonds is 2. The van der Waals surface area contributed by atoms with Crippen LogP contribution in [-0.4, -0.2) is 11.3 Å². The first-order chi connectivity index (χ1) is 4.85. The van der Waals surface area contributed by atoms with Crippen molar-refractivity contribution in [3.63, 3.8) is 0 Å². The molecule has 0 unspecified atom stereocenters. The molecule has 0 aliphatic heterocycles. The zero-order chi connectivity index (χ0) is 8.41. The first kappa shape index (κ1) is 12.4. The van der Waals surface area contributed by atoms with Gasteiger partial charge in [0, 0.05) is 6.20 Å². The van der Waals surface area contributed by atoms with Gasteiger partial charge in [0.2, 0.25) is 0 Å². The second-order valence-electron chi connectivity index (χ2n) is 1.26. The predicted molar refractivity (Wildman–Crippen MR) is 52.8 cm³/mol. The van der Waals surface area contributed by atoms with Crippen molar-refractivity contribution in [1.82, 2.24) is 0 Å². The molecule has 0 atom stereocenters. The SMILES string of the molecule is C=CN=C(CC)SC.CC. The Morgan fingerprint density at radius 3 is 2.20 bits per heavy atom. The standard InChI is InChI=1S/C6H11NS.C2H6/c1-4-6(8-3)7-5-2;1-2/h5H,2,4H2,1,3H3;1-2H3. The zero-order valence-electron chi connectivity index (χ0n) is 7.35. The molecule has 0 aromatic rings. The van der Waals surface area contributed by atoms with Crippen LogP contribution >= 0.6 is 11.8 Å². The molecule has 0 bridgehead atoms. The second kappa shape index (κ2) is 11.5. The van der Waals surface area contributed by atoms with Crippen LogP contribution in [0.15, 0.2) is 17.8 Å². The Morgan fingerprint density at radius 2 is 2.10 bits per heavy atom. The fourth-order valence-electron chi connectivity index (χ4n) is 0.390. The van der Waals surface area contributed by atoms with Crippen LogP contribution in [0.4, 0.5) is 0 Å². The number of hydrogen-bond acceptors (Lipinski definition) is 2. The van der Waals surface area contributed by atoms with Gasteiger partial charge in [0.15, 0.2) is 0 Å². The summed E-state index contributed by atoms with van der Waals surface area (Å²) in [4.78, 5) is 4.00. The van der Waals surface area contributed by atoms with Crippen LogP contribution in [0.2, 0.25) is 0 Å². The maximum Gasteiger partial charge on any atom is 0.0725 e. The minimum Gasteiger partial charge on any atom is -0.255 e. The highest BCUT2D eigenvalue weighted by Gasteiger charge is 1.86. The van der Waals surface area contributed by atoms with Gasteiger partial charge < -0.3 is 0 Å². The molecule has 60 valence electrons. The van der Waals surface area contributed by atoms with E-state index in [4.69, 9.17) is 0 Å². The highest BCUT2D eigenvalue weighted by molar-refractivity contribution is 8.13. The van der Waals surface area contributed by atoms with Crippen molar-refractivity contribution >= 4 is 16.8 Å². The van der Waals surface area contributed by atoms with E-state index in [0.29, 0.717) is 0 Å². The monoisotopic (exact) mass is 159 g/mol. The largest absolute Gasteiger partial charge is 0.255 e. The summed E-state index contributed by atoms with van der Waals surface area (Å²) < 4.78 is 0. The van der Waals surface area contributed by atoms with E-state index in [1.807, 2.05) is 20.1 Å². The maximum atomic E-state index is 4.00. The van der Waals surface area contributed by atoms with Crippen molar-refractivity contribution in [3.8, 4) is 0 Å². The Bertz CT molecular complexity index is 91.4. The van der Waals surface area contributed by atoms with Gasteiger partial charge in [0.05, 0.1) is 5.04 Å². The molecule has 2 heteroatoms. The summed E-state index contributed by atoms with van der Waals surface area (Å²) in [7, 11) is 0. The summed E-state index contributed by atoms with van der Waals surface area (Å²) in [6.07, 6.45) is 4.61. The Balaban J connectivity index is 0. The first-order valence-corrected chi connectivity index (χ1v) is 4.79. The van der Waals surface area contributed by atoms with E-state index < -0.39 is 0 Å². The average molecular weight is 159 g/mol. The molecule has 1 nitrogen and oxygen atoms in total. The summed E-state index contributed by atoms with van der Waals surface area (Å²) >= 11 is 1.67. The van der Waals surface area contributed by atoms with Gasteiger partial charge in [-0.05, 0) is 12.7 Å². The minimum absolute atomic E-state index is 1.01. The summed E-state index contributed by atoms with van der Waals surface area (Å²) in [5, 5.41) is 1.14. The first-order valence-electron chi connectivity index (χ1n) is 3.56. The normalized spacial score (nSPS) is 9.80. The quantitative estimate of drug-likeness (QED) is 0.444. The van der Waals surface area contributed by atoms with E-state index in [9.17, 15) is 0 Å². The molecule has 0 spiro atoms. The summed E-state index contributed by atoms with van der Waals surface area (Å²) in [6.45, 7) is 9.58. The van der Waals surface area contributed by atoms with Crippen LogP contribution < -0.4 is 0 Å². The minimum atomic E-state index is 1.01. The van der Waals surface area contributed by atoms with Gasteiger partial charge in [0.1, 0.15) is 0 Å². The van der Waals surface area contributed by atoms with Crippen LogP contribution in [0.5, 0.6) is 0 Å². The summed E-state index contributed by atoms with van der Waals surface area (Å²) in [5.41, 5.74) is 0. The van der Waals surface area contributed by atoms with E-state index >= 15 is 0 Å². The molecule has 0 amide bonds. The van der Waals surface area contributed by atoms with Gasteiger partial charge in [-0.1, -0.05) is 27.4 Å². The van der Waals surface area contributed by atoms with Crippen LogP contribution in [-0.2, 0) is 0 Å². The average Bonchev–Trinajstić information content (AvgIpc) is 2.04. The fraction of sp³-hybridized carbons (Fsp3) is 0.625. The van der Waals surface area contributed by atoms with Crippen LogP contribution in [0.25, 0.3) is 0 Å². The van der Waals surface area contributed by atoms with E-state index in [1.54, 1.807) is 18.0 Å². The molecule has 10 heavy (non-hydrogen) atoms. The van der Waals surface area contributed by atoms with Gasteiger partial charge in [-0.25, -0.2) is 0 Å². The number of hydrogen-bond donors (Lipinski definition) is 0. The third kappa shape index (κ3) is 7.76. The Labute approximate surface area is 68.6 Å². The Kier molecular flexibility index (Phi) is 14.4. The zero-order valence-corrected chi connectivity index (χ0v) is 8.16. The number of aliphatic imine (C=N–C) groups is 1. The lowest BCUT2D eigenvalue weighted by atomic mass is 10.5. The molecular weight excluding hydrogens is 142 g/mol. The van der Waals surface area contributed by atoms with Crippen molar-refractivity contribution in [2.75, 3.05) is 6.26 Å². The lowest BCUT2D eigenvalue weighted by Gasteiger charge is -1.91. The van der Waals surface area contributed by atoms with E-state index in [-0.39, 0.29) is 0 Å². The summed E-state index contributed by atoms with van der Waals surface area (Å²) in [5.74, 6) is 0. The highest BCUT2D eigenvalue weighted by Crippen LogP contribution is 2.01. The topological polar surface area (TPSA) is 12.4 Å². The van der Waals surface area contributed by atoms with E-state index in [2.05, 4.69) is 18.5 Å². The van der Waals surface area contributed by atoms with Gasteiger partial charge in [-0.3, -0.25) is 4.99 Å². The predicted octanol–water partition coefficient (Wildman–Crippen LogP) is 3.33. The molecule has 0 aromatic heterocycles. The third-order valence-corrected chi connectivity index (χ3v) is 1.64. The molecule has 0 rings (SSSR count). The van der Waals surface area contributed by atoms with Crippen LogP contribution in [0.1, 0.15) is 27.2 Å². The number of thioether (sulfide) groups is 1. The van der Waals surface area contributed by atoms with Gasteiger partial charge in [-0.2, -0.15) is 0 Å². The van der Waals surface area contributed by atoms with Crippen molar-refractivity contribution < 1.29 is 0 Å². The lowest BCUT2D eigenvalue weighted by Crippen LogP contribution is -1.84. The van der Waals surface area contributed by atoms with Crippen molar-refractivity contribution in [2.24, 2.45) is 4.99 Å². The Morgan fingerprint density at radius 1 is 1.60 bits per heavy atom. The molecule has 0 aliphatic rings. The molecule has 0 fully saturated rings. The number of nitrogens with zero attached hydrogens (tertiary/aromatic N) is 1. The fourth-order valence-corrected chi connectivity index (χ4v) is 0.859. The van der Waals surface area contributed by atoms with Gasteiger partial charge >= 0.3 is 0 Å². The third-order valence-electron chi connectivity index (χ3n) is 0.773. The van der Waals surface area contributed by atoms with Gasteiger partial charge in [0.25, 0.3) is 0 Å². The van der Waals surface area contributed by atoms with Crippen LogP contribution in [0.3, 0.4) is 0 Å². The molecule has 0 heterocycles. The molecule has 0 saturated carbocycles. The molecule has 0 aliphatic carbocycles. The molecular formula is C8H17NS. The van der Waals surface area contributed by atoms with Crippen molar-refractivity contribution in [3.05, 3.63) is 12.8 Å². The molecule has 0 saturated heterocycles. The van der Waals surface area contributed by atoms with Crippen molar-refractivity contribution in [2.45, 2.75) is 27.2 Å². The van der Waals surface area contributed by atoms with Gasteiger partial charge in [-0.15, -0.1) is 11.8 Å². The van der Waals surface area contributed by atoms with E-state index in [0.717, 1.165) is 11.5 Å². The molecule has 0 aromatic carbocycles. The maximum absolute atomic E-state index is 4.00.